The predicted molar refractivity (Wildman–Crippen MR) is 61.3 cm³/mol. The van der Waals surface area contributed by atoms with Crippen LogP contribution in [0.5, 0.6) is 0 Å². The van der Waals surface area contributed by atoms with Gasteiger partial charge in [0.1, 0.15) is 6.33 Å². The van der Waals surface area contributed by atoms with E-state index < -0.39 is 5.97 Å². The zero-order valence-electron chi connectivity index (χ0n) is 8.47. The molecule has 0 amide bonds. The zero-order chi connectivity index (χ0) is 11.5. The first-order chi connectivity index (χ1) is 7.66. The highest BCUT2D eigenvalue weighted by Crippen LogP contribution is 2.20. The van der Waals surface area contributed by atoms with Crippen molar-refractivity contribution in [2.75, 3.05) is 5.32 Å². The minimum Gasteiger partial charge on any atom is -0.478 e. The lowest BCUT2D eigenvalue weighted by molar-refractivity contribution is 0.0696. The number of hydrogen-bond donors (Lipinski definition) is 2. The fourth-order valence-electron chi connectivity index (χ4n) is 1.33. The standard InChI is InChI=1S/C10H9N3O2S/c1-6-4-7(2-3-8(6)9(14)15)13-10-11-5-12-16-10/h2-5H,1H3,(H,14,15)(H,11,12,13). The number of carbonyl (C=O) groups is 1. The molecule has 5 nitrogen and oxygen atoms in total. The van der Waals surface area contributed by atoms with Crippen molar-refractivity contribution in [2.24, 2.45) is 0 Å². The lowest BCUT2D eigenvalue weighted by atomic mass is 10.1. The molecule has 0 saturated carbocycles. The molecule has 0 radical (unpaired) electrons. The van der Waals surface area contributed by atoms with Gasteiger partial charge in [-0.2, -0.15) is 4.37 Å². The number of aromatic nitrogens is 2. The van der Waals surface area contributed by atoms with E-state index in [1.165, 1.54) is 17.9 Å². The summed E-state index contributed by atoms with van der Waals surface area (Å²) in [7, 11) is 0. The van der Waals surface area contributed by atoms with Crippen LogP contribution in [0.25, 0.3) is 0 Å². The number of anilines is 2. The molecule has 0 bridgehead atoms. The molecule has 0 aliphatic carbocycles. The highest BCUT2D eigenvalue weighted by Gasteiger charge is 2.07. The lowest BCUT2D eigenvalue weighted by Crippen LogP contribution is -2.00. The molecule has 6 heteroatoms. The second kappa shape index (κ2) is 4.28. The molecule has 0 unspecified atom stereocenters. The molecular formula is C10H9N3O2S. The highest BCUT2D eigenvalue weighted by atomic mass is 32.1. The van der Waals surface area contributed by atoms with Crippen molar-refractivity contribution < 1.29 is 9.90 Å². The Kier molecular flexibility index (Phi) is 2.82. The van der Waals surface area contributed by atoms with Crippen LogP contribution in [-0.4, -0.2) is 20.4 Å². The maximum absolute atomic E-state index is 10.8. The van der Waals surface area contributed by atoms with E-state index in [1.807, 2.05) is 0 Å². The van der Waals surface area contributed by atoms with Gasteiger partial charge in [-0.15, -0.1) is 0 Å². The van der Waals surface area contributed by atoms with Gasteiger partial charge in [-0.3, -0.25) is 0 Å². The average Bonchev–Trinajstić information content (AvgIpc) is 2.70. The molecule has 0 spiro atoms. The van der Waals surface area contributed by atoms with Crippen molar-refractivity contribution in [3.05, 3.63) is 35.7 Å². The zero-order valence-corrected chi connectivity index (χ0v) is 9.28. The summed E-state index contributed by atoms with van der Waals surface area (Å²) >= 11 is 1.25. The third-order valence-electron chi connectivity index (χ3n) is 2.07. The Labute approximate surface area is 95.9 Å². The third kappa shape index (κ3) is 2.17. The van der Waals surface area contributed by atoms with E-state index in [-0.39, 0.29) is 0 Å². The van der Waals surface area contributed by atoms with E-state index in [9.17, 15) is 4.79 Å². The molecule has 0 atom stereocenters. The van der Waals surface area contributed by atoms with Crippen molar-refractivity contribution in [1.29, 1.82) is 0 Å². The van der Waals surface area contributed by atoms with Crippen LogP contribution in [0.1, 0.15) is 15.9 Å². The number of benzene rings is 1. The van der Waals surface area contributed by atoms with Crippen LogP contribution in [0.4, 0.5) is 10.8 Å². The molecule has 0 aliphatic rings. The Morgan fingerprint density at radius 2 is 2.31 bits per heavy atom. The van der Waals surface area contributed by atoms with Gasteiger partial charge in [-0.05, 0) is 30.7 Å². The highest BCUT2D eigenvalue weighted by molar-refractivity contribution is 7.09. The van der Waals surface area contributed by atoms with Crippen LogP contribution in [0.15, 0.2) is 24.5 Å². The van der Waals surface area contributed by atoms with Crippen LogP contribution < -0.4 is 5.32 Å². The molecular weight excluding hydrogens is 226 g/mol. The third-order valence-corrected chi connectivity index (χ3v) is 2.65. The van der Waals surface area contributed by atoms with Crippen molar-refractivity contribution in [1.82, 2.24) is 9.36 Å². The summed E-state index contributed by atoms with van der Waals surface area (Å²) in [5, 5.41) is 12.6. The first-order valence-corrected chi connectivity index (χ1v) is 5.32. The Hall–Kier alpha value is -1.95. The summed E-state index contributed by atoms with van der Waals surface area (Å²) in [6.45, 7) is 1.76. The Bertz CT molecular complexity index is 511. The van der Waals surface area contributed by atoms with Crippen LogP contribution in [0.3, 0.4) is 0 Å². The molecule has 1 heterocycles. The first-order valence-electron chi connectivity index (χ1n) is 4.54. The minimum absolute atomic E-state index is 0.308. The predicted octanol–water partition coefficient (Wildman–Crippen LogP) is 2.29. The summed E-state index contributed by atoms with van der Waals surface area (Å²) in [6.07, 6.45) is 1.46. The van der Waals surface area contributed by atoms with Gasteiger partial charge < -0.3 is 10.4 Å². The first kappa shape index (κ1) is 10.6. The minimum atomic E-state index is -0.917. The van der Waals surface area contributed by atoms with Gasteiger partial charge in [0.2, 0.25) is 5.13 Å². The summed E-state index contributed by atoms with van der Waals surface area (Å²) < 4.78 is 3.86. The molecule has 82 valence electrons. The SMILES string of the molecule is Cc1cc(Nc2ncns2)ccc1C(=O)O. The van der Waals surface area contributed by atoms with E-state index in [0.717, 1.165) is 5.69 Å². The Balaban J connectivity index is 2.24. The molecule has 0 aliphatic heterocycles. The lowest BCUT2D eigenvalue weighted by Gasteiger charge is -2.05. The normalized spacial score (nSPS) is 10.1. The van der Waals surface area contributed by atoms with Crippen LogP contribution in [-0.2, 0) is 0 Å². The molecule has 2 N–H and O–H groups in total. The van der Waals surface area contributed by atoms with Gasteiger partial charge in [-0.1, -0.05) is 0 Å². The summed E-state index contributed by atoms with van der Waals surface area (Å²) in [5.74, 6) is -0.917. The Morgan fingerprint density at radius 1 is 1.50 bits per heavy atom. The number of aryl methyl sites for hydroxylation is 1. The van der Waals surface area contributed by atoms with Crippen molar-refractivity contribution in [2.45, 2.75) is 6.92 Å². The Morgan fingerprint density at radius 3 is 2.88 bits per heavy atom. The number of carboxylic acid groups (broad SMARTS) is 1. The molecule has 0 fully saturated rings. The molecule has 16 heavy (non-hydrogen) atoms. The maximum Gasteiger partial charge on any atom is 0.335 e. The maximum atomic E-state index is 10.8. The number of carboxylic acids is 1. The average molecular weight is 235 g/mol. The fourth-order valence-corrected chi connectivity index (χ4v) is 1.78. The van der Waals surface area contributed by atoms with Gasteiger partial charge in [0.25, 0.3) is 0 Å². The number of nitrogens with zero attached hydrogens (tertiary/aromatic N) is 2. The van der Waals surface area contributed by atoms with E-state index in [4.69, 9.17) is 5.11 Å². The van der Waals surface area contributed by atoms with Crippen LogP contribution in [0, 0.1) is 6.92 Å². The van der Waals surface area contributed by atoms with Crippen molar-refractivity contribution in [3.8, 4) is 0 Å². The molecule has 0 saturated heterocycles. The molecule has 1 aromatic carbocycles. The quantitative estimate of drug-likeness (QED) is 0.853. The van der Waals surface area contributed by atoms with E-state index in [2.05, 4.69) is 14.7 Å². The largest absolute Gasteiger partial charge is 0.478 e. The van der Waals surface area contributed by atoms with Gasteiger partial charge in [0, 0.05) is 17.2 Å². The van der Waals surface area contributed by atoms with E-state index >= 15 is 0 Å². The van der Waals surface area contributed by atoms with E-state index in [0.29, 0.717) is 16.3 Å². The summed E-state index contributed by atoms with van der Waals surface area (Å²) in [6, 6.07) is 5.05. The monoisotopic (exact) mass is 235 g/mol. The second-order valence-corrected chi connectivity index (χ2v) is 3.99. The van der Waals surface area contributed by atoms with Gasteiger partial charge in [-0.25, -0.2) is 9.78 Å². The number of rotatable bonds is 3. The summed E-state index contributed by atoms with van der Waals surface area (Å²) in [4.78, 5) is 14.8. The molecule has 2 aromatic rings. The number of nitrogens with one attached hydrogen (secondary N) is 1. The smallest absolute Gasteiger partial charge is 0.335 e. The van der Waals surface area contributed by atoms with E-state index in [1.54, 1.807) is 25.1 Å². The molecule has 1 aromatic heterocycles. The summed E-state index contributed by atoms with van der Waals surface area (Å²) in [5.41, 5.74) is 1.82. The van der Waals surface area contributed by atoms with Gasteiger partial charge in [0.15, 0.2) is 0 Å². The van der Waals surface area contributed by atoms with Crippen molar-refractivity contribution >= 4 is 28.3 Å². The van der Waals surface area contributed by atoms with Crippen LogP contribution >= 0.6 is 11.5 Å². The second-order valence-electron chi connectivity index (χ2n) is 3.21. The van der Waals surface area contributed by atoms with Crippen molar-refractivity contribution in [3.63, 3.8) is 0 Å². The van der Waals surface area contributed by atoms with Crippen LogP contribution in [0.2, 0.25) is 0 Å². The van der Waals surface area contributed by atoms with Gasteiger partial charge in [0.05, 0.1) is 5.56 Å². The van der Waals surface area contributed by atoms with Gasteiger partial charge >= 0.3 is 5.97 Å². The topological polar surface area (TPSA) is 75.1 Å². The number of aromatic carboxylic acids is 1. The fraction of sp³-hybridized carbons (Fsp3) is 0.100. The number of hydrogen-bond acceptors (Lipinski definition) is 5. The molecule has 2 rings (SSSR count).